The van der Waals surface area contributed by atoms with Gasteiger partial charge in [0, 0.05) is 46.4 Å². The van der Waals surface area contributed by atoms with Gasteiger partial charge in [-0.2, -0.15) is 0 Å². The van der Waals surface area contributed by atoms with E-state index in [9.17, 15) is 9.59 Å². The Balaban J connectivity index is 1.65. The first-order valence-electron chi connectivity index (χ1n) is 7.68. The van der Waals surface area contributed by atoms with E-state index in [-0.39, 0.29) is 17.7 Å². The quantitative estimate of drug-likeness (QED) is 0.584. The minimum Gasteiger partial charge on any atom is -0.383 e. The van der Waals surface area contributed by atoms with E-state index in [2.05, 4.69) is 15.5 Å². The van der Waals surface area contributed by atoms with Gasteiger partial charge in [-0.05, 0) is 13.0 Å². The van der Waals surface area contributed by atoms with Gasteiger partial charge in [-0.15, -0.1) is 0 Å². The Morgan fingerprint density at radius 1 is 1.29 bits per heavy atom. The van der Waals surface area contributed by atoms with Gasteiger partial charge in [-0.3, -0.25) is 14.5 Å². The maximum atomic E-state index is 12.3. The highest BCUT2D eigenvalue weighted by molar-refractivity contribution is 5.80. The molecule has 0 bridgehead atoms. The van der Waals surface area contributed by atoms with Gasteiger partial charge < -0.3 is 20.3 Å². The molecule has 2 heterocycles. The molecule has 7 nitrogen and oxygen atoms in total. The summed E-state index contributed by atoms with van der Waals surface area (Å²) in [5, 5.41) is 6.05. The molecule has 0 aromatic carbocycles. The minimum atomic E-state index is 0.0202. The summed E-state index contributed by atoms with van der Waals surface area (Å²) in [6.07, 6.45) is 0.945. The molecular formula is C14H26N4O3. The van der Waals surface area contributed by atoms with Crippen molar-refractivity contribution in [3.05, 3.63) is 0 Å². The Morgan fingerprint density at radius 2 is 2.05 bits per heavy atom. The fourth-order valence-electron chi connectivity index (χ4n) is 2.80. The molecular weight excluding hydrogens is 272 g/mol. The zero-order valence-electron chi connectivity index (χ0n) is 12.8. The van der Waals surface area contributed by atoms with Gasteiger partial charge in [0.2, 0.25) is 11.8 Å². The maximum Gasteiger partial charge on any atom is 0.234 e. The highest BCUT2D eigenvalue weighted by atomic mass is 16.5. The van der Waals surface area contributed by atoms with Gasteiger partial charge in [0.05, 0.1) is 19.1 Å². The van der Waals surface area contributed by atoms with E-state index in [1.807, 2.05) is 4.90 Å². The van der Waals surface area contributed by atoms with Crippen molar-refractivity contribution in [2.75, 3.05) is 66.1 Å². The van der Waals surface area contributed by atoms with Crippen LogP contribution in [0.1, 0.15) is 6.42 Å². The van der Waals surface area contributed by atoms with Crippen molar-refractivity contribution < 1.29 is 14.3 Å². The molecule has 2 rings (SSSR count). The fourth-order valence-corrected chi connectivity index (χ4v) is 2.80. The number of rotatable bonds is 6. The molecule has 2 saturated heterocycles. The molecule has 7 heteroatoms. The maximum absolute atomic E-state index is 12.3. The van der Waals surface area contributed by atoms with E-state index in [1.54, 1.807) is 7.11 Å². The summed E-state index contributed by atoms with van der Waals surface area (Å²) >= 11 is 0. The predicted molar refractivity (Wildman–Crippen MR) is 78.9 cm³/mol. The summed E-state index contributed by atoms with van der Waals surface area (Å²) in [5.41, 5.74) is 0. The molecule has 2 fully saturated rings. The number of carbonyl (C=O) groups excluding carboxylic acids is 2. The van der Waals surface area contributed by atoms with Gasteiger partial charge in [0.25, 0.3) is 0 Å². The van der Waals surface area contributed by atoms with Gasteiger partial charge in [-0.25, -0.2) is 0 Å². The van der Waals surface area contributed by atoms with Gasteiger partial charge >= 0.3 is 0 Å². The predicted octanol–water partition coefficient (Wildman–Crippen LogP) is -1.50. The highest BCUT2D eigenvalue weighted by Gasteiger charge is 2.29. The summed E-state index contributed by atoms with van der Waals surface area (Å²) in [5.74, 6) is 0.435. The Kier molecular flexibility index (Phi) is 6.41. The van der Waals surface area contributed by atoms with E-state index in [4.69, 9.17) is 4.74 Å². The first-order chi connectivity index (χ1) is 10.2. The Bertz CT molecular complexity index is 350. The van der Waals surface area contributed by atoms with Gasteiger partial charge in [0.1, 0.15) is 0 Å². The van der Waals surface area contributed by atoms with E-state index in [0.717, 1.165) is 45.7 Å². The number of carbonyl (C=O) groups is 2. The van der Waals surface area contributed by atoms with Crippen LogP contribution in [0.2, 0.25) is 0 Å². The second kappa shape index (κ2) is 8.31. The summed E-state index contributed by atoms with van der Waals surface area (Å²) < 4.78 is 4.89. The second-order valence-corrected chi connectivity index (χ2v) is 5.63. The molecule has 1 atom stereocenters. The fraction of sp³-hybridized carbons (Fsp3) is 0.857. The second-order valence-electron chi connectivity index (χ2n) is 5.63. The number of ether oxygens (including phenoxy) is 1. The SMILES string of the molecule is COCCNC(=O)CN1CCN(C(=O)C2CCNC2)CC1. The zero-order valence-corrected chi connectivity index (χ0v) is 12.8. The van der Waals surface area contributed by atoms with Crippen molar-refractivity contribution in [3.63, 3.8) is 0 Å². The molecule has 0 aromatic rings. The third-order valence-electron chi connectivity index (χ3n) is 4.09. The van der Waals surface area contributed by atoms with Crippen LogP contribution < -0.4 is 10.6 Å². The van der Waals surface area contributed by atoms with Crippen molar-refractivity contribution in [2.24, 2.45) is 5.92 Å². The molecule has 0 aliphatic carbocycles. The lowest BCUT2D eigenvalue weighted by Crippen LogP contribution is -2.52. The van der Waals surface area contributed by atoms with Crippen LogP contribution in [-0.4, -0.2) is 87.7 Å². The monoisotopic (exact) mass is 298 g/mol. The molecule has 21 heavy (non-hydrogen) atoms. The first kappa shape index (κ1) is 16.2. The van der Waals surface area contributed by atoms with E-state index < -0.39 is 0 Å². The molecule has 2 aliphatic rings. The van der Waals surface area contributed by atoms with E-state index >= 15 is 0 Å². The van der Waals surface area contributed by atoms with Crippen molar-refractivity contribution in [2.45, 2.75) is 6.42 Å². The Labute approximate surface area is 126 Å². The Morgan fingerprint density at radius 3 is 2.67 bits per heavy atom. The molecule has 2 N–H and O–H groups in total. The van der Waals surface area contributed by atoms with E-state index in [0.29, 0.717) is 19.7 Å². The molecule has 0 saturated carbocycles. The first-order valence-corrected chi connectivity index (χ1v) is 7.68. The third-order valence-corrected chi connectivity index (χ3v) is 4.09. The molecule has 1 unspecified atom stereocenters. The summed E-state index contributed by atoms with van der Waals surface area (Å²) in [6, 6.07) is 0. The number of methoxy groups -OCH3 is 1. The minimum absolute atomic E-state index is 0.0202. The number of hydrogen-bond acceptors (Lipinski definition) is 5. The number of nitrogens with zero attached hydrogens (tertiary/aromatic N) is 2. The largest absolute Gasteiger partial charge is 0.383 e. The average Bonchev–Trinajstić information content (AvgIpc) is 3.02. The van der Waals surface area contributed by atoms with Crippen LogP contribution in [0.4, 0.5) is 0 Å². The van der Waals surface area contributed by atoms with Crippen LogP contribution in [0, 0.1) is 5.92 Å². The van der Waals surface area contributed by atoms with Crippen LogP contribution in [0.25, 0.3) is 0 Å². The molecule has 0 spiro atoms. The van der Waals surface area contributed by atoms with Gasteiger partial charge in [-0.1, -0.05) is 0 Å². The normalized spacial score (nSPS) is 23.3. The molecule has 2 aliphatic heterocycles. The lowest BCUT2D eigenvalue weighted by molar-refractivity contribution is -0.136. The van der Waals surface area contributed by atoms with Crippen molar-refractivity contribution in [3.8, 4) is 0 Å². The number of nitrogens with one attached hydrogen (secondary N) is 2. The van der Waals surface area contributed by atoms with Crippen molar-refractivity contribution in [1.29, 1.82) is 0 Å². The highest BCUT2D eigenvalue weighted by Crippen LogP contribution is 2.13. The van der Waals surface area contributed by atoms with Crippen molar-refractivity contribution in [1.82, 2.24) is 20.4 Å². The summed E-state index contributed by atoms with van der Waals surface area (Å²) in [4.78, 5) is 28.0. The number of piperazine rings is 1. The molecule has 2 amide bonds. The van der Waals surface area contributed by atoms with Crippen LogP contribution in [-0.2, 0) is 14.3 Å². The zero-order chi connectivity index (χ0) is 15.1. The van der Waals surface area contributed by atoms with Crippen LogP contribution in [0.15, 0.2) is 0 Å². The lowest BCUT2D eigenvalue weighted by atomic mass is 10.1. The number of amides is 2. The summed E-state index contributed by atoms with van der Waals surface area (Å²) in [6.45, 7) is 6.20. The topological polar surface area (TPSA) is 73.9 Å². The molecule has 120 valence electrons. The summed E-state index contributed by atoms with van der Waals surface area (Å²) in [7, 11) is 1.61. The Hall–Kier alpha value is -1.18. The number of hydrogen-bond donors (Lipinski definition) is 2. The third kappa shape index (κ3) is 4.94. The standard InChI is InChI=1S/C14H26N4O3/c1-21-9-4-16-13(19)11-17-5-7-18(8-6-17)14(20)12-2-3-15-10-12/h12,15H,2-11H2,1H3,(H,16,19). The van der Waals surface area contributed by atoms with Crippen LogP contribution in [0.3, 0.4) is 0 Å². The molecule has 0 radical (unpaired) electrons. The van der Waals surface area contributed by atoms with Gasteiger partial charge in [0.15, 0.2) is 0 Å². The smallest absolute Gasteiger partial charge is 0.234 e. The van der Waals surface area contributed by atoms with Crippen molar-refractivity contribution >= 4 is 11.8 Å². The van der Waals surface area contributed by atoms with Crippen LogP contribution >= 0.6 is 0 Å². The average molecular weight is 298 g/mol. The molecule has 0 aromatic heterocycles. The lowest BCUT2D eigenvalue weighted by Gasteiger charge is -2.35. The van der Waals surface area contributed by atoms with Crippen LogP contribution in [0.5, 0.6) is 0 Å². The van der Waals surface area contributed by atoms with E-state index in [1.165, 1.54) is 0 Å².